The Morgan fingerprint density at radius 2 is 2.38 bits per heavy atom. The standard InChI is InChI=1S/C10H18N2S/c1-2-4-10(5-6-10)12-9-11-7-3-8-13-9/h2-8H2,1H3,(H,11,12). The molecule has 1 fully saturated rings. The molecule has 1 saturated carbocycles. The van der Waals surface area contributed by atoms with Gasteiger partial charge < -0.3 is 5.32 Å². The predicted octanol–water partition coefficient (Wildman–Crippen LogP) is 2.40. The second-order valence-corrected chi connectivity index (χ2v) is 5.13. The van der Waals surface area contributed by atoms with Gasteiger partial charge in [-0.3, -0.25) is 4.99 Å². The third kappa shape index (κ3) is 2.39. The van der Waals surface area contributed by atoms with E-state index in [0.717, 1.165) is 6.54 Å². The summed E-state index contributed by atoms with van der Waals surface area (Å²) in [7, 11) is 0. The van der Waals surface area contributed by atoms with Gasteiger partial charge in [0.15, 0.2) is 5.17 Å². The molecule has 0 radical (unpaired) electrons. The first-order chi connectivity index (χ1) is 6.35. The number of amidine groups is 1. The highest BCUT2D eigenvalue weighted by Gasteiger charge is 2.42. The first-order valence-electron chi connectivity index (χ1n) is 5.30. The van der Waals surface area contributed by atoms with E-state index in [4.69, 9.17) is 0 Å². The van der Waals surface area contributed by atoms with Gasteiger partial charge in [0, 0.05) is 17.8 Å². The highest BCUT2D eigenvalue weighted by Crippen LogP contribution is 2.40. The molecule has 13 heavy (non-hydrogen) atoms. The first kappa shape index (κ1) is 9.38. The van der Waals surface area contributed by atoms with Gasteiger partial charge in [-0.25, -0.2) is 0 Å². The van der Waals surface area contributed by atoms with Crippen LogP contribution in [0.3, 0.4) is 0 Å². The number of hydrogen-bond donors (Lipinski definition) is 1. The van der Waals surface area contributed by atoms with E-state index in [0.29, 0.717) is 5.54 Å². The van der Waals surface area contributed by atoms with E-state index < -0.39 is 0 Å². The van der Waals surface area contributed by atoms with Crippen molar-refractivity contribution in [1.29, 1.82) is 0 Å². The average Bonchev–Trinajstić information content (AvgIpc) is 2.87. The molecule has 0 saturated heterocycles. The van der Waals surface area contributed by atoms with Crippen LogP contribution in [0.2, 0.25) is 0 Å². The van der Waals surface area contributed by atoms with E-state index in [1.165, 1.54) is 43.0 Å². The second kappa shape index (κ2) is 3.91. The van der Waals surface area contributed by atoms with Crippen LogP contribution in [0.15, 0.2) is 4.99 Å². The molecule has 0 atom stereocenters. The molecule has 0 spiro atoms. The van der Waals surface area contributed by atoms with Crippen LogP contribution in [0.25, 0.3) is 0 Å². The Hall–Kier alpha value is -0.180. The van der Waals surface area contributed by atoms with Gasteiger partial charge in [-0.15, -0.1) is 0 Å². The summed E-state index contributed by atoms with van der Waals surface area (Å²) in [5.41, 5.74) is 0.456. The van der Waals surface area contributed by atoms with Gasteiger partial charge in [-0.05, 0) is 25.7 Å². The van der Waals surface area contributed by atoms with Crippen LogP contribution in [0.1, 0.15) is 39.0 Å². The van der Waals surface area contributed by atoms with Crippen molar-refractivity contribution >= 4 is 16.9 Å². The maximum atomic E-state index is 4.51. The molecule has 3 heteroatoms. The van der Waals surface area contributed by atoms with Crippen LogP contribution < -0.4 is 5.32 Å². The lowest BCUT2D eigenvalue weighted by atomic mass is 10.1. The minimum atomic E-state index is 0.456. The fourth-order valence-electron chi connectivity index (χ4n) is 1.83. The summed E-state index contributed by atoms with van der Waals surface area (Å²) < 4.78 is 0. The van der Waals surface area contributed by atoms with Crippen LogP contribution >= 0.6 is 11.8 Å². The zero-order valence-electron chi connectivity index (χ0n) is 8.31. The van der Waals surface area contributed by atoms with Crippen molar-refractivity contribution in [3.05, 3.63) is 0 Å². The van der Waals surface area contributed by atoms with Gasteiger partial charge in [0.1, 0.15) is 0 Å². The largest absolute Gasteiger partial charge is 0.359 e. The molecular formula is C10H18N2S. The van der Waals surface area contributed by atoms with Gasteiger partial charge in [-0.1, -0.05) is 25.1 Å². The molecule has 2 rings (SSSR count). The third-order valence-electron chi connectivity index (χ3n) is 2.75. The number of aliphatic imine (C=N–C) groups is 1. The molecule has 0 aromatic heterocycles. The quantitative estimate of drug-likeness (QED) is 0.753. The molecule has 2 aliphatic rings. The van der Waals surface area contributed by atoms with E-state index in [-0.39, 0.29) is 0 Å². The number of hydrogen-bond acceptors (Lipinski definition) is 3. The Morgan fingerprint density at radius 3 is 2.92 bits per heavy atom. The summed E-state index contributed by atoms with van der Waals surface area (Å²) in [5.74, 6) is 1.24. The molecule has 0 aromatic rings. The van der Waals surface area contributed by atoms with Crippen molar-refractivity contribution in [3.63, 3.8) is 0 Å². The zero-order valence-corrected chi connectivity index (χ0v) is 9.12. The maximum Gasteiger partial charge on any atom is 0.156 e. The maximum absolute atomic E-state index is 4.51. The SMILES string of the molecule is CCCC1(NC2=NCCCS2)CC1. The summed E-state index contributed by atoms with van der Waals surface area (Å²) in [4.78, 5) is 4.51. The predicted molar refractivity (Wildman–Crippen MR) is 59.4 cm³/mol. The lowest BCUT2D eigenvalue weighted by Crippen LogP contribution is -2.36. The Morgan fingerprint density at radius 1 is 1.54 bits per heavy atom. The zero-order chi connectivity index (χ0) is 9.15. The van der Waals surface area contributed by atoms with Gasteiger partial charge in [0.25, 0.3) is 0 Å². The monoisotopic (exact) mass is 198 g/mol. The Bertz CT molecular complexity index is 209. The van der Waals surface area contributed by atoms with Crippen LogP contribution in [0.5, 0.6) is 0 Å². The van der Waals surface area contributed by atoms with E-state index in [9.17, 15) is 0 Å². The van der Waals surface area contributed by atoms with E-state index in [1.54, 1.807) is 0 Å². The van der Waals surface area contributed by atoms with Crippen LogP contribution in [0.4, 0.5) is 0 Å². The highest BCUT2D eigenvalue weighted by molar-refractivity contribution is 8.13. The van der Waals surface area contributed by atoms with Gasteiger partial charge in [-0.2, -0.15) is 0 Å². The fourth-order valence-corrected chi connectivity index (χ4v) is 2.77. The lowest BCUT2D eigenvalue weighted by Gasteiger charge is -2.20. The smallest absolute Gasteiger partial charge is 0.156 e. The molecule has 1 heterocycles. The Kier molecular flexibility index (Phi) is 2.82. The molecule has 0 bridgehead atoms. The molecule has 0 amide bonds. The number of thioether (sulfide) groups is 1. The van der Waals surface area contributed by atoms with Gasteiger partial charge >= 0.3 is 0 Å². The summed E-state index contributed by atoms with van der Waals surface area (Å²) in [6, 6.07) is 0. The average molecular weight is 198 g/mol. The fraction of sp³-hybridized carbons (Fsp3) is 0.900. The molecule has 1 aliphatic heterocycles. The Balaban J connectivity index is 1.86. The van der Waals surface area contributed by atoms with Crippen LogP contribution in [0, 0.1) is 0 Å². The summed E-state index contributed by atoms with van der Waals surface area (Å²) in [6.07, 6.45) is 6.54. The molecule has 1 N–H and O–H groups in total. The number of nitrogens with zero attached hydrogens (tertiary/aromatic N) is 1. The first-order valence-corrected chi connectivity index (χ1v) is 6.29. The normalized spacial score (nSPS) is 25.2. The molecule has 1 aliphatic carbocycles. The van der Waals surface area contributed by atoms with E-state index in [2.05, 4.69) is 17.2 Å². The highest BCUT2D eigenvalue weighted by atomic mass is 32.2. The summed E-state index contributed by atoms with van der Waals surface area (Å²) >= 11 is 1.89. The minimum absolute atomic E-state index is 0.456. The molecule has 2 nitrogen and oxygen atoms in total. The molecule has 74 valence electrons. The van der Waals surface area contributed by atoms with Crippen LogP contribution in [-0.4, -0.2) is 23.0 Å². The Labute approximate surface area is 84.6 Å². The van der Waals surface area contributed by atoms with Crippen LogP contribution in [-0.2, 0) is 0 Å². The van der Waals surface area contributed by atoms with E-state index in [1.807, 2.05) is 11.8 Å². The topological polar surface area (TPSA) is 24.4 Å². The van der Waals surface area contributed by atoms with Gasteiger partial charge in [0.05, 0.1) is 0 Å². The second-order valence-electron chi connectivity index (χ2n) is 4.04. The summed E-state index contributed by atoms with van der Waals surface area (Å²) in [6.45, 7) is 3.29. The van der Waals surface area contributed by atoms with Crippen molar-refractivity contribution in [2.75, 3.05) is 12.3 Å². The van der Waals surface area contributed by atoms with Crippen molar-refractivity contribution in [2.24, 2.45) is 4.99 Å². The van der Waals surface area contributed by atoms with Gasteiger partial charge in [0.2, 0.25) is 0 Å². The summed E-state index contributed by atoms with van der Waals surface area (Å²) in [5, 5.41) is 4.83. The van der Waals surface area contributed by atoms with Crippen molar-refractivity contribution < 1.29 is 0 Å². The molecule has 0 unspecified atom stereocenters. The van der Waals surface area contributed by atoms with Crippen molar-refractivity contribution in [1.82, 2.24) is 5.32 Å². The number of rotatable bonds is 3. The van der Waals surface area contributed by atoms with E-state index >= 15 is 0 Å². The molecular weight excluding hydrogens is 180 g/mol. The lowest BCUT2D eigenvalue weighted by molar-refractivity contribution is 0.543. The van der Waals surface area contributed by atoms with Crippen molar-refractivity contribution in [3.8, 4) is 0 Å². The van der Waals surface area contributed by atoms with Crippen molar-refractivity contribution in [2.45, 2.75) is 44.6 Å². The number of nitrogens with one attached hydrogen (secondary N) is 1. The molecule has 0 aromatic carbocycles. The third-order valence-corrected chi connectivity index (χ3v) is 3.75. The minimum Gasteiger partial charge on any atom is -0.359 e.